The first-order valence-corrected chi connectivity index (χ1v) is 6.98. The molecule has 0 amide bonds. The highest BCUT2D eigenvalue weighted by atomic mass is 16.5. The number of benzene rings is 1. The highest BCUT2D eigenvalue weighted by Crippen LogP contribution is 2.07. The topological polar surface area (TPSA) is 38.3 Å². The first kappa shape index (κ1) is 15.7. The van der Waals surface area contributed by atoms with Gasteiger partial charge in [0.15, 0.2) is 0 Å². The van der Waals surface area contributed by atoms with E-state index in [1.54, 1.807) is 0 Å². The summed E-state index contributed by atoms with van der Waals surface area (Å²) in [5, 5.41) is 3.30. The monoisotopic (exact) mass is 263 g/mol. The van der Waals surface area contributed by atoms with Crippen molar-refractivity contribution in [3.05, 3.63) is 35.9 Å². The number of nitrogens with one attached hydrogen (secondary N) is 1. The second kappa shape index (κ2) is 8.70. The number of carbonyl (C=O) groups is 1. The van der Waals surface area contributed by atoms with Gasteiger partial charge in [-0.2, -0.15) is 0 Å². The Kier molecular flexibility index (Phi) is 7.19. The molecule has 0 aliphatic heterocycles. The highest BCUT2D eigenvalue weighted by Gasteiger charge is 2.19. The molecule has 1 atom stereocenters. The third-order valence-electron chi connectivity index (χ3n) is 3.07. The smallest absolute Gasteiger partial charge is 0.322 e. The van der Waals surface area contributed by atoms with Gasteiger partial charge in [0.05, 0.1) is 7.11 Å². The molecule has 106 valence electrons. The molecule has 1 N–H and O–H groups in total. The van der Waals surface area contributed by atoms with Crippen molar-refractivity contribution in [2.75, 3.05) is 13.7 Å². The predicted molar refractivity (Wildman–Crippen MR) is 78.0 cm³/mol. The summed E-state index contributed by atoms with van der Waals surface area (Å²) in [5.41, 5.74) is 1.34. The summed E-state index contributed by atoms with van der Waals surface area (Å²) in [5.74, 6) is 0.319. The molecule has 0 fully saturated rings. The Morgan fingerprint density at radius 1 is 1.26 bits per heavy atom. The fourth-order valence-corrected chi connectivity index (χ4v) is 2.09. The number of ether oxygens (including phenoxy) is 1. The second-order valence-electron chi connectivity index (χ2n) is 5.25. The molecular weight excluding hydrogens is 238 g/mol. The Morgan fingerprint density at radius 2 is 1.95 bits per heavy atom. The van der Waals surface area contributed by atoms with Gasteiger partial charge in [-0.15, -0.1) is 0 Å². The predicted octanol–water partition coefficient (Wildman–Crippen LogP) is 2.80. The molecule has 0 bridgehead atoms. The lowest BCUT2D eigenvalue weighted by atomic mass is 10.0. The van der Waals surface area contributed by atoms with Crippen LogP contribution in [0.2, 0.25) is 0 Å². The molecular formula is C16H25NO2. The van der Waals surface area contributed by atoms with E-state index in [1.165, 1.54) is 12.7 Å². The number of carbonyl (C=O) groups excluding carboxylic acids is 1. The van der Waals surface area contributed by atoms with Gasteiger partial charge in [-0.25, -0.2) is 0 Å². The fraction of sp³-hybridized carbons (Fsp3) is 0.562. The summed E-state index contributed by atoms with van der Waals surface area (Å²) >= 11 is 0. The van der Waals surface area contributed by atoms with Crippen LogP contribution in [0.1, 0.15) is 32.3 Å². The maximum absolute atomic E-state index is 11.6. The maximum Gasteiger partial charge on any atom is 0.322 e. The number of methoxy groups -OCH3 is 1. The largest absolute Gasteiger partial charge is 0.468 e. The number of esters is 1. The van der Waals surface area contributed by atoms with Crippen molar-refractivity contribution in [3.63, 3.8) is 0 Å². The van der Waals surface area contributed by atoms with Crippen LogP contribution in [-0.4, -0.2) is 25.7 Å². The molecule has 3 nitrogen and oxygen atoms in total. The molecule has 0 spiro atoms. The lowest BCUT2D eigenvalue weighted by molar-refractivity contribution is -0.143. The Hall–Kier alpha value is -1.35. The van der Waals surface area contributed by atoms with Crippen LogP contribution in [0.5, 0.6) is 0 Å². The van der Waals surface area contributed by atoms with Crippen molar-refractivity contribution in [1.82, 2.24) is 5.32 Å². The second-order valence-corrected chi connectivity index (χ2v) is 5.25. The Morgan fingerprint density at radius 3 is 2.53 bits per heavy atom. The number of hydrogen-bond donors (Lipinski definition) is 1. The minimum Gasteiger partial charge on any atom is -0.468 e. The van der Waals surface area contributed by atoms with Gasteiger partial charge < -0.3 is 10.1 Å². The molecule has 0 aliphatic carbocycles. The van der Waals surface area contributed by atoms with Crippen LogP contribution < -0.4 is 5.32 Å². The molecule has 0 saturated carbocycles. The van der Waals surface area contributed by atoms with E-state index in [-0.39, 0.29) is 12.0 Å². The van der Waals surface area contributed by atoms with Crippen molar-refractivity contribution < 1.29 is 9.53 Å². The van der Waals surface area contributed by atoms with E-state index >= 15 is 0 Å². The summed E-state index contributed by atoms with van der Waals surface area (Å²) < 4.78 is 4.83. The molecule has 0 saturated heterocycles. The quantitative estimate of drug-likeness (QED) is 0.579. The molecule has 0 aromatic heterocycles. The summed E-state index contributed by atoms with van der Waals surface area (Å²) in [6.45, 7) is 5.06. The van der Waals surface area contributed by atoms with Crippen molar-refractivity contribution in [3.8, 4) is 0 Å². The van der Waals surface area contributed by atoms with Crippen LogP contribution >= 0.6 is 0 Å². The van der Waals surface area contributed by atoms with Crippen molar-refractivity contribution >= 4 is 5.97 Å². The minimum absolute atomic E-state index is 0.159. The number of rotatable bonds is 8. The van der Waals surface area contributed by atoms with Crippen molar-refractivity contribution in [2.24, 2.45) is 5.92 Å². The van der Waals surface area contributed by atoms with Gasteiger partial charge in [0.25, 0.3) is 0 Å². The van der Waals surface area contributed by atoms with Crippen LogP contribution in [0.25, 0.3) is 0 Å². The summed E-state index contributed by atoms with van der Waals surface area (Å²) in [4.78, 5) is 11.6. The number of hydrogen-bond acceptors (Lipinski definition) is 3. The Bertz CT molecular complexity index is 362. The van der Waals surface area contributed by atoms with Crippen LogP contribution in [0.15, 0.2) is 30.3 Å². The molecule has 1 aromatic carbocycles. The van der Waals surface area contributed by atoms with Gasteiger partial charge in [-0.05, 0) is 37.3 Å². The standard InChI is InChI=1S/C16H25NO2/c1-13(2)12-15(16(18)19-3)17-11-7-10-14-8-5-4-6-9-14/h4-6,8-9,13,15,17H,7,10-12H2,1-3H3/t15-/m0/s1. The molecule has 19 heavy (non-hydrogen) atoms. The van der Waals surface area contributed by atoms with Gasteiger partial charge in [0.2, 0.25) is 0 Å². The van der Waals surface area contributed by atoms with E-state index in [0.717, 1.165) is 25.8 Å². The Labute approximate surface area is 116 Å². The fourth-order valence-electron chi connectivity index (χ4n) is 2.09. The summed E-state index contributed by atoms with van der Waals surface area (Å²) in [6.07, 6.45) is 2.87. The lowest BCUT2D eigenvalue weighted by Crippen LogP contribution is -2.39. The van der Waals surface area contributed by atoms with E-state index in [2.05, 4.69) is 43.4 Å². The van der Waals surface area contributed by atoms with Crippen LogP contribution in [0, 0.1) is 5.92 Å². The van der Waals surface area contributed by atoms with Gasteiger partial charge >= 0.3 is 5.97 Å². The van der Waals surface area contributed by atoms with E-state index in [9.17, 15) is 4.79 Å². The molecule has 0 unspecified atom stereocenters. The van der Waals surface area contributed by atoms with Crippen LogP contribution in [0.3, 0.4) is 0 Å². The highest BCUT2D eigenvalue weighted by molar-refractivity contribution is 5.75. The third kappa shape index (κ3) is 6.39. The first-order valence-electron chi connectivity index (χ1n) is 6.98. The maximum atomic E-state index is 11.6. The normalized spacial score (nSPS) is 12.4. The van der Waals surface area contributed by atoms with Crippen LogP contribution in [-0.2, 0) is 16.0 Å². The van der Waals surface area contributed by atoms with Crippen LogP contribution in [0.4, 0.5) is 0 Å². The van der Waals surface area contributed by atoms with Crippen molar-refractivity contribution in [1.29, 1.82) is 0 Å². The molecule has 0 heterocycles. The Balaban J connectivity index is 2.30. The lowest BCUT2D eigenvalue weighted by Gasteiger charge is -2.18. The molecule has 3 heteroatoms. The van der Waals surface area contributed by atoms with E-state index < -0.39 is 0 Å². The zero-order valence-corrected chi connectivity index (χ0v) is 12.2. The van der Waals surface area contributed by atoms with Crippen molar-refractivity contribution in [2.45, 2.75) is 39.2 Å². The zero-order valence-electron chi connectivity index (χ0n) is 12.2. The van der Waals surface area contributed by atoms with Gasteiger partial charge in [-0.1, -0.05) is 44.2 Å². The van der Waals surface area contributed by atoms with E-state index in [0.29, 0.717) is 5.92 Å². The summed E-state index contributed by atoms with van der Waals surface area (Å²) in [6, 6.07) is 10.2. The van der Waals surface area contributed by atoms with Gasteiger partial charge in [0, 0.05) is 0 Å². The molecule has 0 aliphatic rings. The third-order valence-corrected chi connectivity index (χ3v) is 3.07. The van der Waals surface area contributed by atoms with E-state index in [1.807, 2.05) is 6.07 Å². The number of aryl methyl sites for hydroxylation is 1. The summed E-state index contributed by atoms with van der Waals surface area (Å²) in [7, 11) is 1.45. The molecule has 0 radical (unpaired) electrons. The van der Waals surface area contributed by atoms with E-state index in [4.69, 9.17) is 4.74 Å². The SMILES string of the molecule is COC(=O)[C@H](CC(C)C)NCCCc1ccccc1. The first-order chi connectivity index (χ1) is 9.13. The average molecular weight is 263 g/mol. The van der Waals surface area contributed by atoms with Gasteiger partial charge in [-0.3, -0.25) is 4.79 Å². The molecule has 1 aromatic rings. The van der Waals surface area contributed by atoms with Gasteiger partial charge in [0.1, 0.15) is 6.04 Å². The zero-order chi connectivity index (χ0) is 14.1. The average Bonchev–Trinajstić information content (AvgIpc) is 2.42. The molecule has 1 rings (SSSR count). The minimum atomic E-state index is -0.180.